The highest BCUT2D eigenvalue weighted by Crippen LogP contribution is 2.30. The molecule has 0 aromatic heterocycles. The average Bonchev–Trinajstić information content (AvgIpc) is 3.11. The molecule has 1 saturated heterocycles. The molecule has 2 heterocycles. The summed E-state index contributed by atoms with van der Waals surface area (Å²) in [6.07, 6.45) is 0.184. The van der Waals surface area contributed by atoms with Crippen molar-refractivity contribution >= 4 is 36.0 Å². The van der Waals surface area contributed by atoms with Crippen LogP contribution in [0.5, 0.6) is 5.75 Å². The van der Waals surface area contributed by atoms with Gasteiger partial charge < -0.3 is 29.0 Å². The monoisotopic (exact) mass is 543 g/mol. The Morgan fingerprint density at radius 2 is 1.41 bits per heavy atom. The lowest BCUT2D eigenvalue weighted by atomic mass is 10.0. The normalized spacial score (nSPS) is 17.0. The van der Waals surface area contributed by atoms with Crippen LogP contribution in [-0.4, -0.2) is 108 Å². The Hall–Kier alpha value is -2.61. The Balaban J connectivity index is 0.00000481. The number of hydrogen-bond acceptors (Lipinski definition) is 10. The van der Waals surface area contributed by atoms with Gasteiger partial charge in [-0.25, -0.2) is 0 Å². The second-order valence-electron chi connectivity index (χ2n) is 8.06. The number of piperidine rings is 1. The number of ether oxygens (including phenoxy) is 5. The van der Waals surface area contributed by atoms with Crippen LogP contribution in [0.4, 0.5) is 0 Å². The molecule has 2 N–H and O–H groups in total. The van der Waals surface area contributed by atoms with E-state index in [1.165, 1.54) is 12.1 Å². The van der Waals surface area contributed by atoms with Crippen molar-refractivity contribution in [2.45, 2.75) is 18.9 Å². The number of carbonyl (C=O) groups excluding carboxylic acids is 4. The van der Waals surface area contributed by atoms with Crippen LogP contribution >= 0.6 is 12.4 Å². The van der Waals surface area contributed by atoms with Crippen molar-refractivity contribution in [3.63, 3.8) is 0 Å². The number of hydrogen-bond donors (Lipinski definition) is 2. The molecule has 4 amide bonds. The third kappa shape index (κ3) is 9.02. The molecule has 13 heteroatoms. The molecular formula is C24H34ClN3O9. The molecule has 37 heavy (non-hydrogen) atoms. The molecule has 2 aliphatic heterocycles. The van der Waals surface area contributed by atoms with Crippen LogP contribution in [0.15, 0.2) is 18.2 Å². The number of likely N-dealkylation sites (N-methyl/N-ethyl adjacent to an activating group) is 1. The van der Waals surface area contributed by atoms with Crippen LogP contribution in [0.1, 0.15) is 33.6 Å². The van der Waals surface area contributed by atoms with E-state index in [9.17, 15) is 19.2 Å². The molecule has 206 valence electrons. The van der Waals surface area contributed by atoms with Crippen molar-refractivity contribution in [2.24, 2.45) is 0 Å². The topological polar surface area (TPSA) is 142 Å². The summed E-state index contributed by atoms with van der Waals surface area (Å²) >= 11 is 0. The van der Waals surface area contributed by atoms with E-state index in [2.05, 4.69) is 10.6 Å². The number of benzene rings is 1. The molecule has 12 nitrogen and oxygen atoms in total. The summed E-state index contributed by atoms with van der Waals surface area (Å²) in [4.78, 5) is 50.0. The van der Waals surface area contributed by atoms with E-state index in [0.29, 0.717) is 58.6 Å². The number of halogens is 1. The van der Waals surface area contributed by atoms with Gasteiger partial charge in [0.05, 0.1) is 64.0 Å². The van der Waals surface area contributed by atoms with Gasteiger partial charge in [0.2, 0.25) is 11.8 Å². The second-order valence-corrected chi connectivity index (χ2v) is 8.06. The molecule has 0 aliphatic carbocycles. The second kappa shape index (κ2) is 16.3. The summed E-state index contributed by atoms with van der Waals surface area (Å²) in [5, 5.41) is 5.17. The molecule has 0 bridgehead atoms. The quantitative estimate of drug-likeness (QED) is 0.206. The SMILES string of the molecule is CNCCOCCOCCOCCOCCOc1ccc2c(c1)C(=O)N(C1CCC(=O)NC1=O)C2=O.Cl. The summed E-state index contributed by atoms with van der Waals surface area (Å²) in [6, 6.07) is 3.58. The van der Waals surface area contributed by atoms with Crippen molar-refractivity contribution < 1.29 is 42.9 Å². The largest absolute Gasteiger partial charge is 0.491 e. The van der Waals surface area contributed by atoms with E-state index >= 15 is 0 Å². The van der Waals surface area contributed by atoms with Crippen molar-refractivity contribution in [1.29, 1.82) is 0 Å². The van der Waals surface area contributed by atoms with E-state index in [-0.39, 0.29) is 43.0 Å². The predicted octanol–water partition coefficient (Wildman–Crippen LogP) is 0.174. The Bertz CT molecular complexity index is 931. The van der Waals surface area contributed by atoms with Gasteiger partial charge >= 0.3 is 0 Å². The minimum atomic E-state index is -0.996. The van der Waals surface area contributed by atoms with Crippen LogP contribution in [0.25, 0.3) is 0 Å². The summed E-state index contributed by atoms with van der Waals surface area (Å²) in [6.45, 7) is 4.88. The van der Waals surface area contributed by atoms with E-state index < -0.39 is 29.7 Å². The van der Waals surface area contributed by atoms with Crippen LogP contribution in [0.3, 0.4) is 0 Å². The Kier molecular flexibility index (Phi) is 13.5. The number of fused-ring (bicyclic) bond motifs is 1. The molecule has 1 unspecified atom stereocenters. The predicted molar refractivity (Wildman–Crippen MR) is 133 cm³/mol. The van der Waals surface area contributed by atoms with Gasteiger partial charge in [-0.3, -0.25) is 29.4 Å². The number of carbonyl (C=O) groups is 4. The number of amides is 4. The average molecular weight is 544 g/mol. The fraction of sp³-hybridized carbons (Fsp3) is 0.583. The zero-order valence-electron chi connectivity index (χ0n) is 20.8. The number of rotatable bonds is 17. The lowest BCUT2D eigenvalue weighted by molar-refractivity contribution is -0.136. The minimum absolute atomic E-state index is 0. The Morgan fingerprint density at radius 3 is 2.00 bits per heavy atom. The van der Waals surface area contributed by atoms with E-state index in [0.717, 1.165) is 11.4 Å². The fourth-order valence-corrected chi connectivity index (χ4v) is 3.69. The maximum Gasteiger partial charge on any atom is 0.262 e. The van der Waals surface area contributed by atoms with Crippen molar-refractivity contribution in [1.82, 2.24) is 15.5 Å². The van der Waals surface area contributed by atoms with Crippen LogP contribution in [0.2, 0.25) is 0 Å². The zero-order valence-corrected chi connectivity index (χ0v) is 21.6. The molecule has 0 spiro atoms. The van der Waals surface area contributed by atoms with Crippen molar-refractivity contribution in [3.8, 4) is 5.75 Å². The Morgan fingerprint density at radius 1 is 0.838 bits per heavy atom. The first-order valence-corrected chi connectivity index (χ1v) is 12.0. The van der Waals surface area contributed by atoms with Gasteiger partial charge in [0.1, 0.15) is 18.4 Å². The van der Waals surface area contributed by atoms with Crippen LogP contribution < -0.4 is 15.4 Å². The molecule has 0 radical (unpaired) electrons. The van der Waals surface area contributed by atoms with Crippen LogP contribution in [0, 0.1) is 0 Å². The first kappa shape index (κ1) is 30.6. The van der Waals surface area contributed by atoms with E-state index in [4.69, 9.17) is 23.7 Å². The molecular weight excluding hydrogens is 510 g/mol. The minimum Gasteiger partial charge on any atom is -0.491 e. The van der Waals surface area contributed by atoms with Gasteiger partial charge in [0.25, 0.3) is 11.8 Å². The molecule has 1 fully saturated rings. The van der Waals surface area contributed by atoms with Gasteiger partial charge in [-0.05, 0) is 31.7 Å². The number of imide groups is 2. The molecule has 1 aromatic rings. The van der Waals surface area contributed by atoms with E-state index in [1.54, 1.807) is 6.07 Å². The zero-order chi connectivity index (χ0) is 25.8. The fourth-order valence-electron chi connectivity index (χ4n) is 3.69. The maximum atomic E-state index is 12.8. The van der Waals surface area contributed by atoms with Crippen molar-refractivity contribution in [2.75, 3.05) is 73.1 Å². The van der Waals surface area contributed by atoms with E-state index in [1.807, 2.05) is 7.05 Å². The summed E-state index contributed by atoms with van der Waals surface area (Å²) in [5.74, 6) is -1.77. The molecule has 1 atom stereocenters. The maximum absolute atomic E-state index is 12.8. The van der Waals surface area contributed by atoms with Crippen molar-refractivity contribution in [3.05, 3.63) is 29.3 Å². The summed E-state index contributed by atoms with van der Waals surface area (Å²) in [5.41, 5.74) is 0.374. The summed E-state index contributed by atoms with van der Waals surface area (Å²) < 4.78 is 27.3. The van der Waals surface area contributed by atoms with Gasteiger partial charge in [-0.2, -0.15) is 0 Å². The molecule has 1 aromatic carbocycles. The van der Waals surface area contributed by atoms with Gasteiger partial charge in [-0.15, -0.1) is 12.4 Å². The number of nitrogens with zero attached hydrogens (tertiary/aromatic N) is 1. The number of nitrogens with one attached hydrogen (secondary N) is 2. The first-order chi connectivity index (χ1) is 17.5. The molecule has 2 aliphatic rings. The third-order valence-corrected chi connectivity index (χ3v) is 5.52. The standard InChI is InChI=1S/C24H33N3O9.ClH/c1-25-6-7-32-8-9-33-10-11-34-12-13-35-14-15-36-17-2-3-18-19(16-17)24(31)27(23(18)30)20-4-5-21(28)26-22(20)29;/h2-3,16,20,25H,4-15H2,1H3,(H,26,28,29);1H. The van der Waals surface area contributed by atoms with Crippen LogP contribution in [-0.2, 0) is 28.5 Å². The summed E-state index contributed by atoms with van der Waals surface area (Å²) in [7, 11) is 1.87. The molecule has 0 saturated carbocycles. The Labute approximate surface area is 221 Å². The highest BCUT2D eigenvalue weighted by molar-refractivity contribution is 6.23. The molecule has 3 rings (SSSR count). The highest BCUT2D eigenvalue weighted by Gasteiger charge is 2.44. The van der Waals surface area contributed by atoms with Gasteiger partial charge in [0.15, 0.2) is 0 Å². The first-order valence-electron chi connectivity index (χ1n) is 12.0. The van der Waals surface area contributed by atoms with Gasteiger partial charge in [-0.1, -0.05) is 0 Å². The lowest BCUT2D eigenvalue weighted by Crippen LogP contribution is -2.54. The highest BCUT2D eigenvalue weighted by atomic mass is 35.5. The smallest absolute Gasteiger partial charge is 0.262 e. The third-order valence-electron chi connectivity index (χ3n) is 5.52. The lowest BCUT2D eigenvalue weighted by Gasteiger charge is -2.27. The van der Waals surface area contributed by atoms with Gasteiger partial charge in [0, 0.05) is 13.0 Å².